The highest BCUT2D eigenvalue weighted by Gasteiger charge is 2.41. The molecule has 6 N–H and O–H groups in total. The van der Waals surface area contributed by atoms with Crippen LogP contribution in [0.1, 0.15) is 23.2 Å². The van der Waals surface area contributed by atoms with Gasteiger partial charge < -0.3 is 26.4 Å². The number of halogens is 1. The fraction of sp³-hybridized carbons (Fsp3) is 0.333. The Kier molecular flexibility index (Phi) is 6.55. The molecule has 3 aromatic rings. The first kappa shape index (κ1) is 22.4. The number of rotatable bonds is 4. The highest BCUT2D eigenvalue weighted by atomic mass is 35.5. The molecule has 3 heterocycles. The molecule has 0 amide bonds. The van der Waals surface area contributed by atoms with Gasteiger partial charge in [-0.25, -0.2) is 9.97 Å². The first-order valence-corrected chi connectivity index (χ1v) is 11.1. The fourth-order valence-corrected chi connectivity index (χ4v) is 4.41. The van der Waals surface area contributed by atoms with E-state index in [1.54, 1.807) is 6.20 Å². The van der Waals surface area contributed by atoms with Crippen LogP contribution < -0.4 is 11.1 Å². The molecule has 0 spiro atoms. The molecule has 0 aliphatic heterocycles. The lowest BCUT2D eigenvalue weighted by Crippen LogP contribution is -2.35. The van der Waals surface area contributed by atoms with Gasteiger partial charge in [-0.05, 0) is 25.5 Å². The third-order valence-electron chi connectivity index (χ3n) is 5.30. The van der Waals surface area contributed by atoms with Gasteiger partial charge in [0, 0.05) is 29.7 Å². The first-order valence-electron chi connectivity index (χ1n) is 9.83. The Balaban J connectivity index is 1.64. The van der Waals surface area contributed by atoms with Crippen LogP contribution in [0.4, 0.5) is 11.8 Å². The number of aromatic nitrogens is 4. The zero-order valence-electron chi connectivity index (χ0n) is 17.0. The molecular weight excluding hydrogens is 452 g/mol. The third kappa shape index (κ3) is 4.53. The number of hydrogen-bond donors (Lipinski definition) is 5. The average molecular weight is 473 g/mol. The summed E-state index contributed by atoms with van der Waals surface area (Å²) in [6.07, 6.45) is -0.0700. The molecule has 9 nitrogen and oxygen atoms in total. The molecule has 4 atom stereocenters. The van der Waals surface area contributed by atoms with Gasteiger partial charge in [0.05, 0.1) is 23.5 Å². The van der Waals surface area contributed by atoms with Gasteiger partial charge >= 0.3 is 0 Å². The maximum atomic E-state index is 10.3. The topological polar surface area (TPSA) is 150 Å². The summed E-state index contributed by atoms with van der Waals surface area (Å²) in [6, 6.07) is 3.14. The Morgan fingerprint density at radius 2 is 2.03 bits per heavy atom. The molecule has 0 aromatic carbocycles. The van der Waals surface area contributed by atoms with Crippen molar-refractivity contribution >= 4 is 34.7 Å². The van der Waals surface area contributed by atoms with Crippen LogP contribution in [0.5, 0.6) is 0 Å². The number of pyridine rings is 1. The maximum Gasteiger partial charge on any atom is 0.223 e. The Hall–Kier alpha value is -2.81. The second-order valence-corrected chi connectivity index (χ2v) is 8.68. The van der Waals surface area contributed by atoms with E-state index in [2.05, 4.69) is 37.1 Å². The first-order chi connectivity index (χ1) is 15.4. The van der Waals surface area contributed by atoms with Crippen LogP contribution in [0, 0.1) is 24.7 Å². The highest BCUT2D eigenvalue weighted by molar-refractivity contribution is 7.13. The van der Waals surface area contributed by atoms with Crippen LogP contribution in [-0.2, 0) is 0 Å². The predicted octanol–water partition coefficient (Wildman–Crippen LogP) is 1.45. The predicted molar refractivity (Wildman–Crippen MR) is 122 cm³/mol. The summed E-state index contributed by atoms with van der Waals surface area (Å²) in [5, 5.41) is 35.6. The molecule has 1 aliphatic carbocycles. The van der Waals surface area contributed by atoms with E-state index in [1.807, 2.05) is 24.4 Å². The lowest BCUT2D eigenvalue weighted by Gasteiger charge is -2.19. The van der Waals surface area contributed by atoms with E-state index >= 15 is 0 Å². The minimum absolute atomic E-state index is 0.0551. The monoisotopic (exact) mass is 472 g/mol. The number of nitrogens with two attached hydrogens (primary N) is 1. The van der Waals surface area contributed by atoms with Crippen LogP contribution >= 0.6 is 22.9 Å². The van der Waals surface area contributed by atoms with Crippen LogP contribution in [-0.4, -0.2) is 60.1 Å². The quantitative estimate of drug-likeness (QED) is 0.280. The van der Waals surface area contributed by atoms with E-state index in [0.717, 1.165) is 16.4 Å². The van der Waals surface area contributed by atoms with Crippen molar-refractivity contribution in [1.82, 2.24) is 19.9 Å². The van der Waals surface area contributed by atoms with Crippen LogP contribution in [0.2, 0.25) is 5.15 Å². The summed E-state index contributed by atoms with van der Waals surface area (Å²) in [5.41, 5.74) is 8.25. The zero-order valence-corrected chi connectivity index (χ0v) is 18.6. The summed E-state index contributed by atoms with van der Waals surface area (Å²) in [7, 11) is 0. The molecule has 1 saturated carbocycles. The van der Waals surface area contributed by atoms with Gasteiger partial charge in [0.25, 0.3) is 0 Å². The van der Waals surface area contributed by atoms with E-state index in [-0.39, 0.29) is 23.5 Å². The van der Waals surface area contributed by atoms with E-state index in [9.17, 15) is 15.3 Å². The molecule has 4 unspecified atom stereocenters. The fourth-order valence-electron chi connectivity index (χ4n) is 3.58. The maximum absolute atomic E-state index is 10.3. The second kappa shape index (κ2) is 9.36. The van der Waals surface area contributed by atoms with E-state index < -0.39 is 24.2 Å². The van der Waals surface area contributed by atoms with Crippen molar-refractivity contribution in [2.24, 2.45) is 5.92 Å². The number of aliphatic hydroxyl groups excluding tert-OH is 3. The van der Waals surface area contributed by atoms with E-state index in [0.29, 0.717) is 17.5 Å². The summed E-state index contributed by atoms with van der Waals surface area (Å²) in [5.74, 6) is 5.76. The Bertz CT molecular complexity index is 1180. The van der Waals surface area contributed by atoms with Crippen molar-refractivity contribution in [3.8, 4) is 22.5 Å². The molecular formula is C21H21ClN6O3S. The second-order valence-electron chi connectivity index (χ2n) is 7.42. The number of nitrogen functional groups attached to an aromatic ring is 1. The highest BCUT2D eigenvalue weighted by Crippen LogP contribution is 2.31. The summed E-state index contributed by atoms with van der Waals surface area (Å²) < 4.78 is 0. The minimum atomic E-state index is -1.09. The van der Waals surface area contributed by atoms with Crippen molar-refractivity contribution in [3.63, 3.8) is 0 Å². The molecule has 0 saturated heterocycles. The van der Waals surface area contributed by atoms with Gasteiger partial charge in [-0.15, -0.1) is 11.3 Å². The smallest absolute Gasteiger partial charge is 0.223 e. The number of aryl methyl sites for hydroxylation is 1. The van der Waals surface area contributed by atoms with Gasteiger partial charge in [-0.2, -0.15) is 9.97 Å². The number of nitrogens with zero attached hydrogens (tertiary/aromatic N) is 4. The number of aliphatic hydroxyl groups is 3. The Labute approximate surface area is 193 Å². The van der Waals surface area contributed by atoms with Crippen molar-refractivity contribution < 1.29 is 15.3 Å². The molecule has 4 rings (SSSR count). The lowest BCUT2D eigenvalue weighted by molar-refractivity contribution is 0.00445. The SMILES string of the molecule is Cc1nc(-c2nccs2)ccc1C#Cc1c(Cl)nc(N)nc1NC1CC(CO)C(O)C1O. The summed E-state index contributed by atoms with van der Waals surface area (Å²) in [6.45, 7) is 1.62. The van der Waals surface area contributed by atoms with Gasteiger partial charge in [0.2, 0.25) is 5.95 Å². The number of thiazole rings is 1. The van der Waals surface area contributed by atoms with Crippen LogP contribution in [0.25, 0.3) is 10.7 Å². The lowest BCUT2D eigenvalue weighted by atomic mass is 10.1. The number of hydrogen-bond acceptors (Lipinski definition) is 10. The van der Waals surface area contributed by atoms with Crippen molar-refractivity contribution in [2.75, 3.05) is 17.7 Å². The molecule has 11 heteroatoms. The molecule has 3 aromatic heterocycles. The van der Waals surface area contributed by atoms with Crippen molar-refractivity contribution in [3.05, 3.63) is 45.7 Å². The number of anilines is 2. The largest absolute Gasteiger partial charge is 0.396 e. The molecule has 0 bridgehead atoms. The molecule has 166 valence electrons. The molecule has 0 radical (unpaired) electrons. The van der Waals surface area contributed by atoms with Crippen molar-refractivity contribution in [1.29, 1.82) is 0 Å². The molecule has 1 aliphatic rings. The summed E-state index contributed by atoms with van der Waals surface area (Å²) in [4.78, 5) is 17.0. The van der Waals surface area contributed by atoms with Gasteiger partial charge in [-0.3, -0.25) is 0 Å². The summed E-state index contributed by atoms with van der Waals surface area (Å²) >= 11 is 7.80. The minimum Gasteiger partial charge on any atom is -0.396 e. The normalized spacial score (nSPS) is 22.4. The standard InChI is InChI=1S/C21H21ClN6O3S/c1-10-11(3-5-14(25-10)20-24-6-7-32-20)2-4-13-18(22)27-21(23)28-19(13)26-15-8-12(9-29)16(30)17(15)31/h3,5-7,12,15-17,29-31H,8-9H2,1H3,(H3,23,26,27,28). The van der Waals surface area contributed by atoms with Crippen LogP contribution in [0.15, 0.2) is 23.7 Å². The van der Waals surface area contributed by atoms with Crippen molar-refractivity contribution in [2.45, 2.75) is 31.6 Å². The van der Waals surface area contributed by atoms with E-state index in [1.165, 1.54) is 11.3 Å². The third-order valence-corrected chi connectivity index (χ3v) is 6.37. The van der Waals surface area contributed by atoms with Gasteiger partial charge in [-0.1, -0.05) is 23.4 Å². The zero-order chi connectivity index (χ0) is 22.8. The Morgan fingerprint density at radius 1 is 1.22 bits per heavy atom. The van der Waals surface area contributed by atoms with Gasteiger partial charge in [0.15, 0.2) is 5.15 Å². The average Bonchev–Trinajstić information content (AvgIpc) is 3.38. The Morgan fingerprint density at radius 3 is 2.69 bits per heavy atom. The van der Waals surface area contributed by atoms with Crippen LogP contribution in [0.3, 0.4) is 0 Å². The molecule has 32 heavy (non-hydrogen) atoms. The van der Waals surface area contributed by atoms with Gasteiger partial charge in [0.1, 0.15) is 22.5 Å². The number of nitrogens with one attached hydrogen (secondary N) is 1. The molecule has 1 fully saturated rings. The van der Waals surface area contributed by atoms with E-state index in [4.69, 9.17) is 17.3 Å².